The minimum atomic E-state index is 0.0829. The number of ketones is 1. The van der Waals surface area contributed by atoms with Crippen molar-refractivity contribution in [2.45, 2.75) is 11.8 Å². The summed E-state index contributed by atoms with van der Waals surface area (Å²) in [4.78, 5) is 13.0. The number of carbonyl (C=O) groups excluding carboxylic acids is 1. The lowest BCUT2D eigenvalue weighted by molar-refractivity contribution is 0.102. The van der Waals surface area contributed by atoms with Gasteiger partial charge in [0, 0.05) is 10.5 Å². The van der Waals surface area contributed by atoms with Crippen LogP contribution in [0.4, 0.5) is 0 Å². The first kappa shape index (κ1) is 12.8. The number of benzene rings is 1. The van der Waals surface area contributed by atoms with Gasteiger partial charge in [0.15, 0.2) is 5.78 Å². The van der Waals surface area contributed by atoms with Gasteiger partial charge in [-0.15, -0.1) is 11.8 Å². The maximum absolute atomic E-state index is 12.0. The van der Waals surface area contributed by atoms with E-state index in [1.807, 2.05) is 25.1 Å². The van der Waals surface area contributed by atoms with Crippen LogP contribution in [0.2, 0.25) is 0 Å². The molecule has 18 heavy (non-hydrogen) atoms. The van der Waals surface area contributed by atoms with Crippen LogP contribution in [0, 0.1) is 6.92 Å². The number of thioether (sulfide) groups is 1. The van der Waals surface area contributed by atoms with Crippen molar-refractivity contribution in [1.82, 2.24) is 0 Å². The summed E-state index contributed by atoms with van der Waals surface area (Å²) in [6.07, 6.45) is 1.63. The lowest BCUT2D eigenvalue weighted by Gasteiger charge is -2.03. The molecular formula is C14H14O3S. The topological polar surface area (TPSA) is 39.4 Å². The fourth-order valence-corrected chi connectivity index (χ4v) is 2.40. The molecular weight excluding hydrogens is 248 g/mol. The Bertz CT molecular complexity index is 545. The lowest BCUT2D eigenvalue weighted by atomic mass is 10.1. The molecule has 0 N–H and O–H groups in total. The van der Waals surface area contributed by atoms with Crippen LogP contribution in [0.1, 0.15) is 16.1 Å². The molecule has 0 saturated heterocycles. The molecule has 0 unspecified atom stereocenters. The zero-order chi connectivity index (χ0) is 13.0. The van der Waals surface area contributed by atoms with E-state index in [4.69, 9.17) is 9.15 Å². The Hall–Kier alpha value is -1.68. The monoisotopic (exact) mass is 262 g/mol. The molecule has 0 saturated carbocycles. The molecule has 0 aliphatic rings. The highest BCUT2D eigenvalue weighted by molar-refractivity contribution is 8.00. The van der Waals surface area contributed by atoms with Gasteiger partial charge in [-0.25, -0.2) is 0 Å². The standard InChI is InChI=1S/C14H14O3S/c1-10-14(6-7-17-10)18-9-13(15)11-4-3-5-12(8-11)16-2/h3-8H,9H2,1-2H3. The van der Waals surface area contributed by atoms with Crippen LogP contribution < -0.4 is 4.74 Å². The summed E-state index contributed by atoms with van der Waals surface area (Å²) in [5.74, 6) is 2.02. The maximum Gasteiger partial charge on any atom is 0.173 e. The third kappa shape index (κ3) is 2.96. The number of hydrogen-bond acceptors (Lipinski definition) is 4. The number of carbonyl (C=O) groups is 1. The summed E-state index contributed by atoms with van der Waals surface area (Å²) in [5.41, 5.74) is 0.669. The van der Waals surface area contributed by atoms with Gasteiger partial charge in [-0.05, 0) is 25.1 Å². The number of Topliss-reactive ketones (excluding diaryl/α,β-unsaturated/α-hetero) is 1. The van der Waals surface area contributed by atoms with Gasteiger partial charge in [0.05, 0.1) is 19.1 Å². The molecule has 1 aromatic carbocycles. The number of methoxy groups -OCH3 is 1. The van der Waals surface area contributed by atoms with Gasteiger partial charge in [-0.3, -0.25) is 4.79 Å². The van der Waals surface area contributed by atoms with Crippen LogP contribution in [0.5, 0.6) is 5.75 Å². The smallest absolute Gasteiger partial charge is 0.173 e. The highest BCUT2D eigenvalue weighted by Gasteiger charge is 2.09. The second kappa shape index (κ2) is 5.78. The molecule has 2 aromatic rings. The van der Waals surface area contributed by atoms with E-state index in [0.717, 1.165) is 10.7 Å². The molecule has 0 amide bonds. The SMILES string of the molecule is COc1cccc(C(=O)CSc2ccoc2C)c1. The Labute approximate surface area is 110 Å². The molecule has 0 fully saturated rings. The second-order valence-electron chi connectivity index (χ2n) is 3.78. The van der Waals surface area contributed by atoms with Gasteiger partial charge in [0.2, 0.25) is 0 Å². The van der Waals surface area contributed by atoms with Crippen molar-refractivity contribution >= 4 is 17.5 Å². The van der Waals surface area contributed by atoms with Crippen LogP contribution in [-0.4, -0.2) is 18.6 Å². The van der Waals surface area contributed by atoms with Crippen LogP contribution in [0.15, 0.2) is 45.9 Å². The summed E-state index contributed by atoms with van der Waals surface area (Å²) in [6.45, 7) is 1.89. The number of aryl methyl sites for hydroxylation is 1. The van der Waals surface area contributed by atoms with Crippen LogP contribution in [0.3, 0.4) is 0 Å². The van der Waals surface area contributed by atoms with Crippen molar-refractivity contribution in [2.24, 2.45) is 0 Å². The molecule has 0 aliphatic carbocycles. The first-order valence-electron chi connectivity index (χ1n) is 5.55. The third-order valence-electron chi connectivity index (χ3n) is 2.56. The normalized spacial score (nSPS) is 10.3. The Morgan fingerprint density at radius 1 is 1.39 bits per heavy atom. The van der Waals surface area contributed by atoms with E-state index in [0.29, 0.717) is 17.1 Å². The number of hydrogen-bond donors (Lipinski definition) is 0. The Morgan fingerprint density at radius 3 is 2.89 bits per heavy atom. The average molecular weight is 262 g/mol. The molecule has 0 spiro atoms. The summed E-state index contributed by atoms with van der Waals surface area (Å²) >= 11 is 1.49. The van der Waals surface area contributed by atoms with Gasteiger partial charge in [0.25, 0.3) is 0 Å². The van der Waals surface area contributed by atoms with E-state index in [2.05, 4.69) is 0 Å². The van der Waals surface area contributed by atoms with Crippen molar-refractivity contribution < 1.29 is 13.9 Å². The van der Waals surface area contributed by atoms with Gasteiger partial charge >= 0.3 is 0 Å². The van der Waals surface area contributed by atoms with Crippen molar-refractivity contribution in [1.29, 1.82) is 0 Å². The first-order valence-corrected chi connectivity index (χ1v) is 6.53. The minimum absolute atomic E-state index is 0.0829. The fraction of sp³-hybridized carbons (Fsp3) is 0.214. The lowest BCUT2D eigenvalue weighted by Crippen LogP contribution is -2.02. The van der Waals surface area contributed by atoms with Gasteiger partial charge in [-0.2, -0.15) is 0 Å². The van der Waals surface area contributed by atoms with Gasteiger partial charge in [0.1, 0.15) is 11.5 Å². The molecule has 3 nitrogen and oxygen atoms in total. The highest BCUT2D eigenvalue weighted by atomic mass is 32.2. The molecule has 0 atom stereocenters. The average Bonchev–Trinajstić information content (AvgIpc) is 2.81. The van der Waals surface area contributed by atoms with Crippen molar-refractivity contribution in [3.8, 4) is 5.75 Å². The summed E-state index contributed by atoms with van der Waals surface area (Å²) < 4.78 is 10.3. The molecule has 0 radical (unpaired) electrons. The predicted molar refractivity (Wildman–Crippen MR) is 71.5 cm³/mol. The summed E-state index contributed by atoms with van der Waals surface area (Å²) in [5, 5.41) is 0. The van der Waals surface area contributed by atoms with E-state index < -0.39 is 0 Å². The highest BCUT2D eigenvalue weighted by Crippen LogP contribution is 2.24. The molecule has 94 valence electrons. The Balaban J connectivity index is 2.01. The maximum atomic E-state index is 12.0. The Kier molecular flexibility index (Phi) is 4.10. The van der Waals surface area contributed by atoms with Crippen molar-refractivity contribution in [2.75, 3.05) is 12.9 Å². The van der Waals surface area contributed by atoms with E-state index >= 15 is 0 Å². The van der Waals surface area contributed by atoms with E-state index in [9.17, 15) is 4.79 Å². The van der Waals surface area contributed by atoms with E-state index in [-0.39, 0.29) is 5.78 Å². The summed E-state index contributed by atoms with van der Waals surface area (Å²) in [7, 11) is 1.59. The largest absolute Gasteiger partial charge is 0.497 e. The zero-order valence-corrected chi connectivity index (χ0v) is 11.1. The van der Waals surface area contributed by atoms with Crippen LogP contribution in [-0.2, 0) is 0 Å². The molecule has 1 aromatic heterocycles. The minimum Gasteiger partial charge on any atom is -0.497 e. The molecule has 2 rings (SSSR count). The number of ether oxygens (including phenoxy) is 1. The van der Waals surface area contributed by atoms with Gasteiger partial charge in [-0.1, -0.05) is 12.1 Å². The van der Waals surface area contributed by atoms with Gasteiger partial charge < -0.3 is 9.15 Å². The summed E-state index contributed by atoms with van der Waals surface area (Å²) in [6, 6.07) is 9.07. The quantitative estimate of drug-likeness (QED) is 0.610. The molecule has 4 heteroatoms. The zero-order valence-electron chi connectivity index (χ0n) is 10.3. The second-order valence-corrected chi connectivity index (χ2v) is 4.80. The van der Waals surface area contributed by atoms with Crippen molar-refractivity contribution in [3.63, 3.8) is 0 Å². The van der Waals surface area contributed by atoms with Crippen LogP contribution in [0.25, 0.3) is 0 Å². The first-order chi connectivity index (χ1) is 8.70. The number of rotatable bonds is 5. The molecule has 0 aliphatic heterocycles. The Morgan fingerprint density at radius 2 is 2.22 bits per heavy atom. The third-order valence-corrected chi connectivity index (χ3v) is 3.70. The fourth-order valence-electron chi connectivity index (χ4n) is 1.55. The molecule has 1 heterocycles. The van der Waals surface area contributed by atoms with Crippen LogP contribution >= 0.6 is 11.8 Å². The van der Waals surface area contributed by atoms with E-state index in [1.165, 1.54) is 11.8 Å². The molecule has 0 bridgehead atoms. The predicted octanol–water partition coefficient (Wildman–Crippen LogP) is 3.57. The van der Waals surface area contributed by atoms with Crippen molar-refractivity contribution in [3.05, 3.63) is 47.9 Å². The number of furan rings is 1. The van der Waals surface area contributed by atoms with E-state index in [1.54, 1.807) is 25.5 Å².